The third-order valence-electron chi connectivity index (χ3n) is 1.94. The lowest BCUT2D eigenvalue weighted by molar-refractivity contribution is 1.12. The second-order valence-corrected chi connectivity index (χ2v) is 3.19. The number of aromatic nitrogens is 2. The summed E-state index contributed by atoms with van der Waals surface area (Å²) in [5, 5.41) is 12.3. The van der Waals surface area contributed by atoms with Gasteiger partial charge in [0.2, 0.25) is 0 Å². The molecule has 1 unspecified atom stereocenters. The Hall–Kier alpha value is -1.08. The first-order chi connectivity index (χ1) is 5.83. The molecule has 0 saturated heterocycles. The molecule has 12 heavy (non-hydrogen) atoms. The molecular weight excluding hydrogens is 169 g/mol. The van der Waals surface area contributed by atoms with Crippen LogP contribution in [0.25, 0.3) is 10.9 Å². The number of fused-ring (bicyclic) bond motifs is 1. The van der Waals surface area contributed by atoms with Crippen molar-refractivity contribution in [2.24, 2.45) is 0 Å². The normalized spacial score (nSPS) is 10.5. The summed E-state index contributed by atoms with van der Waals surface area (Å²) in [7, 11) is 4.63. The standard InChI is InChI=1S/C8H10N3P/c1-9-7-3-2-6-5(8(7)12)4-10-11-6/h2-4,9H,12H2,1H3,(H,10,11). The van der Waals surface area contributed by atoms with Crippen molar-refractivity contribution in [2.75, 3.05) is 12.4 Å². The maximum Gasteiger partial charge on any atom is 0.0658 e. The van der Waals surface area contributed by atoms with Gasteiger partial charge in [0.15, 0.2) is 0 Å². The smallest absolute Gasteiger partial charge is 0.0658 e. The van der Waals surface area contributed by atoms with Crippen LogP contribution in [0.15, 0.2) is 18.3 Å². The number of benzene rings is 1. The van der Waals surface area contributed by atoms with Gasteiger partial charge in [0.1, 0.15) is 0 Å². The van der Waals surface area contributed by atoms with Crippen molar-refractivity contribution in [1.82, 2.24) is 10.2 Å². The van der Waals surface area contributed by atoms with Crippen LogP contribution >= 0.6 is 9.24 Å². The molecule has 2 rings (SSSR count). The molecule has 2 N–H and O–H groups in total. The van der Waals surface area contributed by atoms with Crippen LogP contribution in [0.5, 0.6) is 0 Å². The number of nitrogens with zero attached hydrogens (tertiary/aromatic N) is 1. The Bertz CT molecular complexity index is 408. The molecule has 0 spiro atoms. The molecule has 1 atom stereocenters. The average Bonchev–Trinajstić information content (AvgIpc) is 2.53. The van der Waals surface area contributed by atoms with Crippen molar-refractivity contribution < 1.29 is 0 Å². The first-order valence-corrected chi connectivity index (χ1v) is 4.30. The number of H-pyrrole nitrogens is 1. The van der Waals surface area contributed by atoms with Gasteiger partial charge < -0.3 is 5.32 Å². The van der Waals surface area contributed by atoms with E-state index in [1.54, 1.807) is 0 Å². The van der Waals surface area contributed by atoms with E-state index in [0.717, 1.165) is 21.9 Å². The van der Waals surface area contributed by atoms with Gasteiger partial charge in [0.05, 0.1) is 11.7 Å². The van der Waals surface area contributed by atoms with Crippen molar-refractivity contribution in [3.8, 4) is 0 Å². The topological polar surface area (TPSA) is 40.7 Å². The predicted octanol–water partition coefficient (Wildman–Crippen LogP) is 1.10. The second-order valence-electron chi connectivity index (χ2n) is 2.61. The van der Waals surface area contributed by atoms with Crippen molar-refractivity contribution in [3.63, 3.8) is 0 Å². The first-order valence-electron chi connectivity index (χ1n) is 3.72. The van der Waals surface area contributed by atoms with Crippen LogP contribution in [0.3, 0.4) is 0 Å². The van der Waals surface area contributed by atoms with Crippen LogP contribution in [0.4, 0.5) is 5.69 Å². The molecule has 2 aromatic rings. The van der Waals surface area contributed by atoms with Crippen molar-refractivity contribution >= 4 is 31.1 Å². The van der Waals surface area contributed by atoms with Crippen molar-refractivity contribution in [1.29, 1.82) is 0 Å². The minimum atomic E-state index is 1.07. The van der Waals surface area contributed by atoms with Crippen LogP contribution < -0.4 is 10.6 Å². The molecule has 62 valence electrons. The molecule has 0 aliphatic rings. The average molecular weight is 179 g/mol. The van der Waals surface area contributed by atoms with Crippen LogP contribution in [0.2, 0.25) is 0 Å². The molecule has 0 radical (unpaired) electrons. The summed E-state index contributed by atoms with van der Waals surface area (Å²) in [6.45, 7) is 0. The van der Waals surface area contributed by atoms with E-state index in [-0.39, 0.29) is 0 Å². The third kappa shape index (κ3) is 0.978. The van der Waals surface area contributed by atoms with Gasteiger partial charge in [-0.3, -0.25) is 5.10 Å². The summed E-state index contributed by atoms with van der Waals surface area (Å²) < 4.78 is 0. The Morgan fingerprint density at radius 2 is 2.33 bits per heavy atom. The van der Waals surface area contributed by atoms with E-state index < -0.39 is 0 Å². The monoisotopic (exact) mass is 179 g/mol. The molecule has 1 aromatic heterocycles. The van der Waals surface area contributed by atoms with E-state index in [9.17, 15) is 0 Å². The van der Waals surface area contributed by atoms with E-state index >= 15 is 0 Å². The summed E-state index contributed by atoms with van der Waals surface area (Å²) in [5.74, 6) is 0. The fourth-order valence-electron chi connectivity index (χ4n) is 1.26. The van der Waals surface area contributed by atoms with E-state index in [1.165, 1.54) is 0 Å². The largest absolute Gasteiger partial charge is 0.388 e. The quantitative estimate of drug-likeness (QED) is 0.644. The fraction of sp³-hybridized carbons (Fsp3) is 0.125. The third-order valence-corrected chi connectivity index (χ3v) is 2.56. The van der Waals surface area contributed by atoms with Gasteiger partial charge in [-0.1, -0.05) is 0 Å². The Balaban J connectivity index is 2.78. The zero-order valence-electron chi connectivity index (χ0n) is 6.76. The SMILES string of the molecule is CNc1ccc2[nH]ncc2c1P. The highest BCUT2D eigenvalue weighted by Gasteiger charge is 2.02. The number of hydrogen-bond donors (Lipinski definition) is 2. The van der Waals surface area contributed by atoms with Gasteiger partial charge >= 0.3 is 0 Å². The highest BCUT2D eigenvalue weighted by Crippen LogP contribution is 2.16. The van der Waals surface area contributed by atoms with Gasteiger partial charge in [-0.25, -0.2) is 0 Å². The van der Waals surface area contributed by atoms with Crippen LogP contribution in [-0.2, 0) is 0 Å². The Morgan fingerprint density at radius 3 is 3.08 bits per heavy atom. The lowest BCUT2D eigenvalue weighted by Gasteiger charge is -2.04. The highest BCUT2D eigenvalue weighted by molar-refractivity contribution is 7.29. The summed E-state index contributed by atoms with van der Waals surface area (Å²) in [6, 6.07) is 4.05. The molecule has 0 aliphatic heterocycles. The summed E-state index contributed by atoms with van der Waals surface area (Å²) in [6.07, 6.45) is 1.83. The van der Waals surface area contributed by atoms with E-state index in [2.05, 4.69) is 24.8 Å². The predicted molar refractivity (Wildman–Crippen MR) is 55.0 cm³/mol. The zero-order chi connectivity index (χ0) is 8.55. The minimum Gasteiger partial charge on any atom is -0.388 e. The maximum absolute atomic E-state index is 3.97. The molecule has 0 saturated carbocycles. The minimum absolute atomic E-state index is 1.07. The number of hydrogen-bond acceptors (Lipinski definition) is 2. The summed E-state index contributed by atoms with van der Waals surface area (Å²) in [5.41, 5.74) is 2.19. The van der Waals surface area contributed by atoms with E-state index in [0.29, 0.717) is 0 Å². The first kappa shape index (κ1) is 7.56. The van der Waals surface area contributed by atoms with Crippen LogP contribution in [0, 0.1) is 0 Å². The Kier molecular flexibility index (Phi) is 1.74. The molecular formula is C8H10N3P. The molecule has 3 nitrogen and oxygen atoms in total. The number of rotatable bonds is 1. The molecule has 1 heterocycles. The highest BCUT2D eigenvalue weighted by atomic mass is 31.0. The molecule has 0 fully saturated rings. The molecule has 0 bridgehead atoms. The lowest BCUT2D eigenvalue weighted by Crippen LogP contribution is -2.01. The van der Waals surface area contributed by atoms with Crippen LogP contribution in [-0.4, -0.2) is 17.2 Å². The number of nitrogens with one attached hydrogen (secondary N) is 2. The maximum atomic E-state index is 3.97. The number of anilines is 1. The van der Waals surface area contributed by atoms with Gasteiger partial charge in [-0.05, 0) is 12.1 Å². The van der Waals surface area contributed by atoms with E-state index in [1.807, 2.05) is 25.4 Å². The summed E-state index contributed by atoms with van der Waals surface area (Å²) in [4.78, 5) is 0. The van der Waals surface area contributed by atoms with Gasteiger partial charge in [0.25, 0.3) is 0 Å². The van der Waals surface area contributed by atoms with E-state index in [4.69, 9.17) is 0 Å². The van der Waals surface area contributed by atoms with Gasteiger partial charge in [-0.2, -0.15) is 5.10 Å². The summed E-state index contributed by atoms with van der Waals surface area (Å²) >= 11 is 0. The number of aromatic amines is 1. The Morgan fingerprint density at radius 1 is 1.50 bits per heavy atom. The zero-order valence-corrected chi connectivity index (χ0v) is 7.91. The van der Waals surface area contributed by atoms with Gasteiger partial charge in [-0.15, -0.1) is 9.24 Å². The van der Waals surface area contributed by atoms with Crippen LogP contribution in [0.1, 0.15) is 0 Å². The fourth-order valence-corrected chi connectivity index (χ4v) is 1.73. The Labute approximate surface area is 72.8 Å². The van der Waals surface area contributed by atoms with Crippen molar-refractivity contribution in [2.45, 2.75) is 0 Å². The molecule has 1 aromatic carbocycles. The molecule has 0 amide bonds. The van der Waals surface area contributed by atoms with Gasteiger partial charge in [0, 0.05) is 23.4 Å². The second kappa shape index (κ2) is 2.76. The van der Waals surface area contributed by atoms with Crippen molar-refractivity contribution in [3.05, 3.63) is 18.3 Å². The molecule has 0 aliphatic carbocycles. The lowest BCUT2D eigenvalue weighted by atomic mass is 10.2. The molecule has 4 heteroatoms.